The number of carbonyl (C=O) groups is 3. The summed E-state index contributed by atoms with van der Waals surface area (Å²) in [5, 5.41) is 11.0. The van der Waals surface area contributed by atoms with Crippen molar-refractivity contribution >= 4 is 35.1 Å². The minimum absolute atomic E-state index is 0.151. The van der Waals surface area contributed by atoms with Gasteiger partial charge < -0.3 is 24.4 Å². The van der Waals surface area contributed by atoms with Gasteiger partial charge in [0.15, 0.2) is 0 Å². The molecule has 212 valence electrons. The molecule has 0 radical (unpaired) electrons. The minimum Gasteiger partial charge on any atom is -0.465 e. The first-order chi connectivity index (χ1) is 18.5. The summed E-state index contributed by atoms with van der Waals surface area (Å²) in [5.41, 5.74) is -1.56. The normalized spacial score (nSPS) is 29.8. The molecule has 2 unspecified atom stereocenters. The Labute approximate surface area is 235 Å². The number of hydrogen-bond acceptors (Lipinski definition) is 6. The highest BCUT2D eigenvalue weighted by molar-refractivity contribution is 6.30. The van der Waals surface area contributed by atoms with Crippen molar-refractivity contribution in [3.63, 3.8) is 0 Å². The van der Waals surface area contributed by atoms with Crippen molar-refractivity contribution in [2.75, 3.05) is 24.7 Å². The van der Waals surface area contributed by atoms with Crippen LogP contribution in [0.5, 0.6) is 0 Å². The Bertz CT molecular complexity index is 1120. The first kappa shape index (κ1) is 29.3. The molecule has 4 rings (SSSR count). The van der Waals surface area contributed by atoms with Crippen molar-refractivity contribution < 1.29 is 29.0 Å². The van der Waals surface area contributed by atoms with E-state index in [0.29, 0.717) is 36.4 Å². The van der Waals surface area contributed by atoms with Crippen molar-refractivity contribution in [1.82, 2.24) is 4.90 Å². The molecule has 1 aromatic carbocycles. The average molecular weight is 559 g/mol. The maximum atomic E-state index is 14.6. The SMILES string of the molecule is C=CCCOC(=O)[C@H]1[C@H]2C(=O)N([C@@H](CO)CC(C)C)C(C(=O)N(CC=C)c3ccc(Cl)cc3)C23CC[C@]1(C)O3. The number of aliphatic hydroxyl groups excluding tert-OH is 1. The number of ether oxygens (including phenoxy) is 2. The van der Waals surface area contributed by atoms with Crippen LogP contribution in [0.4, 0.5) is 5.69 Å². The molecule has 1 aromatic rings. The largest absolute Gasteiger partial charge is 0.465 e. The number of nitrogens with zero attached hydrogens (tertiary/aromatic N) is 2. The molecule has 39 heavy (non-hydrogen) atoms. The van der Waals surface area contributed by atoms with Crippen LogP contribution in [0.2, 0.25) is 5.02 Å². The van der Waals surface area contributed by atoms with E-state index in [1.807, 2.05) is 20.8 Å². The zero-order chi connectivity index (χ0) is 28.5. The van der Waals surface area contributed by atoms with Gasteiger partial charge in [-0.1, -0.05) is 37.6 Å². The van der Waals surface area contributed by atoms with E-state index in [1.54, 1.807) is 41.3 Å². The topological polar surface area (TPSA) is 96.4 Å². The predicted octanol–water partition coefficient (Wildman–Crippen LogP) is 4.15. The van der Waals surface area contributed by atoms with Crippen LogP contribution in [-0.4, -0.2) is 70.8 Å². The Morgan fingerprint density at radius 1 is 1.26 bits per heavy atom. The maximum Gasteiger partial charge on any atom is 0.312 e. The van der Waals surface area contributed by atoms with Gasteiger partial charge in [0.25, 0.3) is 5.91 Å². The number of esters is 1. The number of halogens is 1. The molecule has 3 aliphatic heterocycles. The van der Waals surface area contributed by atoms with Gasteiger partial charge in [-0.05, 0) is 62.8 Å². The summed E-state index contributed by atoms with van der Waals surface area (Å²) in [6.45, 7) is 13.4. The molecule has 8 nitrogen and oxygen atoms in total. The molecule has 0 aliphatic carbocycles. The van der Waals surface area contributed by atoms with E-state index in [9.17, 15) is 19.5 Å². The van der Waals surface area contributed by atoms with E-state index in [2.05, 4.69) is 13.2 Å². The standard InChI is InChI=1S/C30H39ClN2O6/c1-6-8-16-38-28(37)24-23-26(35)33(22(18-34)17-19(3)4)25(30(23)14-13-29(24,5)39-30)27(36)32(15-7-2)21-11-9-20(31)10-12-21/h6-7,9-12,19,22-25,34H,1-2,8,13-18H2,3-5H3/t22-,23+,24-,25?,29+,30?/m1/s1. The highest BCUT2D eigenvalue weighted by Gasteiger charge is 2.79. The second-order valence-electron chi connectivity index (χ2n) is 11.4. The molecule has 3 aliphatic rings. The predicted molar refractivity (Wildman–Crippen MR) is 149 cm³/mol. The van der Waals surface area contributed by atoms with E-state index >= 15 is 0 Å². The molecule has 2 bridgehead atoms. The Hall–Kier alpha value is -2.68. The number of aliphatic hydroxyl groups is 1. The number of amides is 2. The van der Waals surface area contributed by atoms with Gasteiger partial charge in [0.1, 0.15) is 17.6 Å². The molecule has 0 saturated carbocycles. The zero-order valence-electron chi connectivity index (χ0n) is 23.0. The number of anilines is 1. The quantitative estimate of drug-likeness (QED) is 0.235. The lowest BCUT2D eigenvalue weighted by atomic mass is 9.66. The summed E-state index contributed by atoms with van der Waals surface area (Å²) >= 11 is 6.11. The van der Waals surface area contributed by atoms with Crippen molar-refractivity contribution in [2.24, 2.45) is 17.8 Å². The molecule has 3 heterocycles. The van der Waals surface area contributed by atoms with Gasteiger partial charge in [0.05, 0.1) is 30.8 Å². The van der Waals surface area contributed by atoms with E-state index in [-0.39, 0.29) is 37.5 Å². The lowest BCUT2D eigenvalue weighted by Crippen LogP contribution is -2.59. The van der Waals surface area contributed by atoms with Crippen LogP contribution in [0.15, 0.2) is 49.6 Å². The van der Waals surface area contributed by atoms with Gasteiger partial charge in [-0.15, -0.1) is 13.2 Å². The van der Waals surface area contributed by atoms with Crippen LogP contribution in [-0.2, 0) is 23.9 Å². The molecule has 2 amide bonds. The lowest BCUT2D eigenvalue weighted by molar-refractivity contribution is -0.160. The number of rotatable bonds is 12. The molecule has 1 spiro atoms. The van der Waals surface area contributed by atoms with Crippen LogP contribution in [0.1, 0.15) is 46.5 Å². The fourth-order valence-electron chi connectivity index (χ4n) is 6.77. The van der Waals surface area contributed by atoms with Gasteiger partial charge in [-0.25, -0.2) is 0 Å². The van der Waals surface area contributed by atoms with E-state index in [1.165, 1.54) is 4.90 Å². The summed E-state index contributed by atoms with van der Waals surface area (Å²) in [6, 6.07) is 5.23. The second kappa shape index (κ2) is 11.4. The van der Waals surface area contributed by atoms with Gasteiger partial charge in [0, 0.05) is 17.3 Å². The van der Waals surface area contributed by atoms with E-state index in [4.69, 9.17) is 21.1 Å². The Morgan fingerprint density at radius 3 is 2.54 bits per heavy atom. The van der Waals surface area contributed by atoms with Crippen molar-refractivity contribution in [3.05, 3.63) is 54.6 Å². The average Bonchev–Trinajstić information content (AvgIpc) is 3.47. The number of likely N-dealkylation sites (tertiary alicyclic amines) is 1. The molecule has 3 fully saturated rings. The molecule has 6 atom stereocenters. The third-order valence-corrected chi connectivity index (χ3v) is 8.58. The van der Waals surface area contributed by atoms with Gasteiger partial charge in [-0.2, -0.15) is 0 Å². The van der Waals surface area contributed by atoms with Crippen LogP contribution in [0, 0.1) is 17.8 Å². The summed E-state index contributed by atoms with van der Waals surface area (Å²) in [4.78, 5) is 45.4. The summed E-state index contributed by atoms with van der Waals surface area (Å²) in [6.07, 6.45) is 5.20. The fourth-order valence-corrected chi connectivity index (χ4v) is 6.89. The van der Waals surface area contributed by atoms with E-state index in [0.717, 1.165) is 0 Å². The Kier molecular flexibility index (Phi) is 8.59. The highest BCUT2D eigenvalue weighted by atomic mass is 35.5. The highest BCUT2D eigenvalue weighted by Crippen LogP contribution is 2.64. The smallest absolute Gasteiger partial charge is 0.312 e. The first-order valence-electron chi connectivity index (χ1n) is 13.6. The molecular weight excluding hydrogens is 520 g/mol. The van der Waals surface area contributed by atoms with Crippen molar-refractivity contribution in [2.45, 2.75) is 69.7 Å². The van der Waals surface area contributed by atoms with Crippen LogP contribution in [0.25, 0.3) is 0 Å². The summed E-state index contributed by atoms with van der Waals surface area (Å²) in [5.74, 6) is -2.79. The minimum atomic E-state index is -1.22. The monoisotopic (exact) mass is 558 g/mol. The third-order valence-electron chi connectivity index (χ3n) is 8.33. The van der Waals surface area contributed by atoms with Crippen molar-refractivity contribution in [1.29, 1.82) is 0 Å². The van der Waals surface area contributed by atoms with Crippen LogP contribution >= 0.6 is 11.6 Å². The Morgan fingerprint density at radius 2 is 1.95 bits per heavy atom. The third kappa shape index (κ3) is 5.03. The number of carbonyl (C=O) groups excluding carboxylic acids is 3. The van der Waals surface area contributed by atoms with Gasteiger partial charge in [-0.3, -0.25) is 14.4 Å². The van der Waals surface area contributed by atoms with Crippen LogP contribution in [0.3, 0.4) is 0 Å². The number of hydrogen-bond donors (Lipinski definition) is 1. The summed E-state index contributed by atoms with van der Waals surface area (Å²) < 4.78 is 12.2. The van der Waals surface area contributed by atoms with Crippen molar-refractivity contribution in [3.8, 4) is 0 Å². The maximum absolute atomic E-state index is 14.6. The number of benzene rings is 1. The molecule has 1 N–H and O–H groups in total. The van der Waals surface area contributed by atoms with E-state index < -0.39 is 41.1 Å². The molecule has 3 saturated heterocycles. The lowest BCUT2D eigenvalue weighted by Gasteiger charge is -2.40. The first-order valence-corrected chi connectivity index (χ1v) is 14.0. The fraction of sp³-hybridized carbons (Fsp3) is 0.567. The van der Waals surface area contributed by atoms with Crippen LogP contribution < -0.4 is 4.90 Å². The Balaban J connectivity index is 1.81. The van der Waals surface area contributed by atoms with Gasteiger partial charge >= 0.3 is 5.97 Å². The second-order valence-corrected chi connectivity index (χ2v) is 11.8. The molecular formula is C30H39ClN2O6. The van der Waals surface area contributed by atoms with Gasteiger partial charge in [0.2, 0.25) is 5.91 Å². The number of fused-ring (bicyclic) bond motifs is 1. The zero-order valence-corrected chi connectivity index (χ0v) is 23.7. The molecule has 9 heteroatoms. The molecule has 0 aromatic heterocycles. The summed E-state index contributed by atoms with van der Waals surface area (Å²) in [7, 11) is 0.